The van der Waals surface area contributed by atoms with Crippen LogP contribution in [0, 0.1) is 0 Å². The first-order valence-corrected chi connectivity index (χ1v) is 7.70. The van der Waals surface area contributed by atoms with E-state index in [2.05, 4.69) is 15.3 Å². The lowest BCUT2D eigenvalue weighted by atomic mass is 10.0. The van der Waals surface area contributed by atoms with Crippen molar-refractivity contribution < 1.29 is 20.1 Å². The van der Waals surface area contributed by atoms with E-state index in [1.165, 1.54) is 16.3 Å². The Morgan fingerprint density at radius 3 is 2.73 bits per heavy atom. The summed E-state index contributed by atoms with van der Waals surface area (Å²) in [5.41, 5.74) is -0.178. The van der Waals surface area contributed by atoms with E-state index in [1.807, 2.05) is 0 Å². The molecule has 1 fully saturated rings. The lowest BCUT2D eigenvalue weighted by Gasteiger charge is -2.34. The minimum atomic E-state index is -1.42. The number of nitrogens with zero attached hydrogens (tertiary/aromatic N) is 5. The Labute approximate surface area is 128 Å². The summed E-state index contributed by atoms with van der Waals surface area (Å²) in [5, 5.41) is 37.3. The topological polar surface area (TPSA) is 136 Å². The van der Waals surface area contributed by atoms with Crippen LogP contribution in [0.2, 0.25) is 0 Å². The fourth-order valence-electron chi connectivity index (χ4n) is 2.30. The third-order valence-corrected chi connectivity index (χ3v) is 4.29. The maximum Gasteiger partial charge on any atom is 0.284 e. The van der Waals surface area contributed by atoms with Crippen LogP contribution < -0.4 is 5.56 Å². The molecule has 0 unspecified atom stereocenters. The van der Waals surface area contributed by atoms with E-state index in [0.717, 1.165) is 4.68 Å². The van der Waals surface area contributed by atoms with Gasteiger partial charge in [-0.1, -0.05) is 17.0 Å². The summed E-state index contributed by atoms with van der Waals surface area (Å²) in [6.45, 7) is -0.176. The van der Waals surface area contributed by atoms with Gasteiger partial charge in [0.2, 0.25) is 0 Å². The largest absolute Gasteiger partial charge is 0.388 e. The van der Waals surface area contributed by atoms with E-state index in [-0.39, 0.29) is 23.3 Å². The Bertz CT molecular complexity index is 761. The highest BCUT2D eigenvalue weighted by molar-refractivity contribution is 7.98. The Balaban J connectivity index is 2.12. The molecule has 3 heterocycles. The molecule has 0 aromatic carbocycles. The number of thioether (sulfide) groups is 1. The lowest BCUT2D eigenvalue weighted by Crippen LogP contribution is -2.50. The number of hydrogen-bond acceptors (Lipinski definition) is 9. The molecule has 0 aliphatic carbocycles. The van der Waals surface area contributed by atoms with Crippen molar-refractivity contribution in [3.05, 3.63) is 10.4 Å². The summed E-state index contributed by atoms with van der Waals surface area (Å²) < 4.78 is 7.81. The fraction of sp³-hybridized carbons (Fsp3) is 0.636. The Hall–Kier alpha value is -1.53. The van der Waals surface area contributed by atoms with Crippen LogP contribution in [0.5, 0.6) is 0 Å². The summed E-state index contributed by atoms with van der Waals surface area (Å²) >= 11 is 1.28. The minimum Gasteiger partial charge on any atom is -0.388 e. The number of rotatable bonds is 2. The van der Waals surface area contributed by atoms with Crippen LogP contribution in [0.15, 0.2) is 9.95 Å². The van der Waals surface area contributed by atoms with Crippen molar-refractivity contribution in [2.24, 2.45) is 7.05 Å². The van der Waals surface area contributed by atoms with Gasteiger partial charge >= 0.3 is 0 Å². The fourth-order valence-corrected chi connectivity index (χ4v) is 2.84. The van der Waals surface area contributed by atoms with Gasteiger partial charge in [-0.2, -0.15) is 4.68 Å². The average molecular weight is 329 g/mol. The zero-order chi connectivity index (χ0) is 16.0. The molecule has 120 valence electrons. The van der Waals surface area contributed by atoms with Gasteiger partial charge in [-0.3, -0.25) is 9.36 Å². The molecule has 0 bridgehead atoms. The predicted octanol–water partition coefficient (Wildman–Crippen LogP) is -2.14. The third kappa shape index (κ3) is 2.21. The van der Waals surface area contributed by atoms with Crippen molar-refractivity contribution in [2.45, 2.75) is 29.7 Å². The third-order valence-electron chi connectivity index (χ3n) is 3.56. The second-order valence-electron chi connectivity index (χ2n) is 4.94. The molecule has 22 heavy (non-hydrogen) atoms. The van der Waals surface area contributed by atoms with Crippen LogP contribution in [-0.2, 0) is 11.8 Å². The first-order valence-electron chi connectivity index (χ1n) is 6.47. The standard InChI is InChI=1S/C11H15N5O5S/c1-15-9(20)5-8(12-11(15)22-2)16(14-13-5)10-7(19)6(18)4(17)3-21-10/h4,6-7,10,17-19H,3H2,1-2H3/t4-,6-,7+,10+/m1/s1. The van der Waals surface area contributed by atoms with E-state index in [4.69, 9.17) is 4.74 Å². The number of fused-ring (bicyclic) bond motifs is 1. The zero-order valence-corrected chi connectivity index (χ0v) is 12.6. The van der Waals surface area contributed by atoms with Gasteiger partial charge < -0.3 is 20.1 Å². The van der Waals surface area contributed by atoms with E-state index in [9.17, 15) is 20.1 Å². The van der Waals surface area contributed by atoms with E-state index >= 15 is 0 Å². The van der Waals surface area contributed by atoms with Crippen molar-refractivity contribution >= 4 is 22.9 Å². The summed E-state index contributed by atoms with van der Waals surface area (Å²) in [6, 6.07) is 0. The summed E-state index contributed by atoms with van der Waals surface area (Å²) in [4.78, 5) is 16.5. The van der Waals surface area contributed by atoms with Crippen molar-refractivity contribution in [1.29, 1.82) is 0 Å². The van der Waals surface area contributed by atoms with Gasteiger partial charge in [0.05, 0.1) is 6.61 Å². The number of aliphatic hydroxyl groups excluding tert-OH is 3. The molecule has 0 radical (unpaired) electrons. The van der Waals surface area contributed by atoms with Crippen LogP contribution in [0.4, 0.5) is 0 Å². The van der Waals surface area contributed by atoms with E-state index < -0.39 is 24.5 Å². The summed E-state index contributed by atoms with van der Waals surface area (Å²) in [7, 11) is 1.58. The highest BCUT2D eigenvalue weighted by atomic mass is 32.2. The first kappa shape index (κ1) is 15.4. The van der Waals surface area contributed by atoms with Crippen LogP contribution in [-0.4, -0.2) is 71.0 Å². The van der Waals surface area contributed by atoms with Gasteiger partial charge in [0, 0.05) is 7.05 Å². The van der Waals surface area contributed by atoms with Crippen LogP contribution >= 0.6 is 11.8 Å². The molecular weight excluding hydrogens is 314 g/mol. The molecule has 4 atom stereocenters. The molecule has 11 heteroatoms. The molecule has 1 saturated heterocycles. The lowest BCUT2D eigenvalue weighted by molar-refractivity contribution is -0.213. The quantitative estimate of drug-likeness (QED) is 0.416. The van der Waals surface area contributed by atoms with Gasteiger partial charge in [0.15, 0.2) is 22.5 Å². The van der Waals surface area contributed by atoms with Crippen LogP contribution in [0.1, 0.15) is 6.23 Å². The molecule has 0 saturated carbocycles. The Morgan fingerprint density at radius 2 is 2.05 bits per heavy atom. The van der Waals surface area contributed by atoms with Gasteiger partial charge in [-0.25, -0.2) is 4.98 Å². The number of hydrogen-bond donors (Lipinski definition) is 3. The molecule has 2 aromatic heterocycles. The first-order chi connectivity index (χ1) is 10.5. The molecular formula is C11H15N5O5S. The van der Waals surface area contributed by atoms with Crippen molar-refractivity contribution in [2.75, 3.05) is 12.9 Å². The Morgan fingerprint density at radius 1 is 1.32 bits per heavy atom. The SMILES string of the molecule is CSc1nc2c(nnn2[C@H]2OC[C@@H](O)[C@@H](O)[C@@H]2O)c(=O)n1C. The molecule has 3 rings (SSSR count). The molecule has 2 aromatic rings. The highest BCUT2D eigenvalue weighted by Crippen LogP contribution is 2.25. The molecule has 1 aliphatic rings. The van der Waals surface area contributed by atoms with Crippen LogP contribution in [0.25, 0.3) is 11.2 Å². The maximum absolute atomic E-state index is 12.2. The average Bonchev–Trinajstić information content (AvgIpc) is 2.92. The second-order valence-corrected chi connectivity index (χ2v) is 5.71. The second kappa shape index (κ2) is 5.59. The van der Waals surface area contributed by atoms with Gasteiger partial charge in [0.1, 0.15) is 18.3 Å². The molecule has 10 nitrogen and oxygen atoms in total. The predicted molar refractivity (Wildman–Crippen MR) is 75.4 cm³/mol. The molecule has 1 aliphatic heterocycles. The van der Waals surface area contributed by atoms with Crippen molar-refractivity contribution in [3.63, 3.8) is 0 Å². The maximum atomic E-state index is 12.2. The van der Waals surface area contributed by atoms with E-state index in [1.54, 1.807) is 13.3 Å². The Kier molecular flexibility index (Phi) is 3.91. The van der Waals surface area contributed by atoms with Gasteiger partial charge in [0.25, 0.3) is 5.56 Å². The smallest absolute Gasteiger partial charge is 0.284 e. The minimum absolute atomic E-state index is 0.0386. The molecule has 0 spiro atoms. The van der Waals surface area contributed by atoms with Crippen molar-refractivity contribution in [1.82, 2.24) is 24.5 Å². The number of aliphatic hydroxyl groups is 3. The van der Waals surface area contributed by atoms with Gasteiger partial charge in [-0.15, -0.1) is 5.10 Å². The molecule has 0 amide bonds. The zero-order valence-electron chi connectivity index (χ0n) is 11.8. The normalized spacial score (nSPS) is 29.1. The monoisotopic (exact) mass is 329 g/mol. The van der Waals surface area contributed by atoms with E-state index in [0.29, 0.717) is 5.16 Å². The number of ether oxygens (including phenoxy) is 1. The van der Waals surface area contributed by atoms with Crippen molar-refractivity contribution in [3.8, 4) is 0 Å². The summed E-state index contributed by atoms with van der Waals surface area (Å²) in [6.07, 6.45) is -3.31. The highest BCUT2D eigenvalue weighted by Gasteiger charge is 2.40. The number of aromatic nitrogens is 5. The van der Waals surface area contributed by atoms with Crippen LogP contribution in [0.3, 0.4) is 0 Å². The van der Waals surface area contributed by atoms with Gasteiger partial charge in [-0.05, 0) is 6.26 Å². The summed E-state index contributed by atoms with van der Waals surface area (Å²) in [5.74, 6) is 0. The molecule has 3 N–H and O–H groups in total.